The van der Waals surface area contributed by atoms with Crippen LogP contribution in [0, 0.1) is 17.5 Å². The van der Waals surface area contributed by atoms with E-state index in [-0.39, 0.29) is 12.0 Å². The molecule has 0 aliphatic carbocycles. The molecule has 0 saturated heterocycles. The highest BCUT2D eigenvalue weighted by atomic mass is 19.1. The summed E-state index contributed by atoms with van der Waals surface area (Å²) in [5.74, 6) is -1.85. The van der Waals surface area contributed by atoms with Gasteiger partial charge >= 0.3 is 0 Å². The zero-order chi connectivity index (χ0) is 14.0. The van der Waals surface area contributed by atoms with E-state index in [2.05, 4.69) is 0 Å². The van der Waals surface area contributed by atoms with Crippen LogP contribution >= 0.6 is 0 Å². The Morgan fingerprint density at radius 3 is 2.00 bits per heavy atom. The van der Waals surface area contributed by atoms with Gasteiger partial charge in [-0.05, 0) is 36.8 Å². The fourth-order valence-electron chi connectivity index (χ4n) is 1.96. The fraction of sp³-hybridized carbons (Fsp3) is 0.200. The first-order chi connectivity index (χ1) is 8.90. The van der Waals surface area contributed by atoms with Crippen LogP contribution in [0.2, 0.25) is 0 Å². The van der Waals surface area contributed by atoms with E-state index >= 15 is 0 Å². The van der Waals surface area contributed by atoms with Crippen molar-refractivity contribution in [3.05, 3.63) is 71.0 Å². The molecule has 0 amide bonds. The van der Waals surface area contributed by atoms with E-state index in [9.17, 15) is 18.3 Å². The van der Waals surface area contributed by atoms with Crippen LogP contribution in [-0.4, -0.2) is 5.11 Å². The van der Waals surface area contributed by atoms with Crippen molar-refractivity contribution in [2.45, 2.75) is 18.9 Å². The highest BCUT2D eigenvalue weighted by Crippen LogP contribution is 2.27. The lowest BCUT2D eigenvalue weighted by atomic mass is 9.88. The Morgan fingerprint density at radius 2 is 1.47 bits per heavy atom. The standard InChI is InChI=1S/C15H13F3O/c1-15(19,10-5-7-11(16)8-6-10)9-12-13(17)3-2-4-14(12)18/h2-8,19H,9H2,1H3. The van der Waals surface area contributed by atoms with E-state index in [1.807, 2.05) is 0 Å². The molecule has 0 saturated carbocycles. The maximum atomic E-state index is 13.5. The molecule has 2 aromatic carbocycles. The smallest absolute Gasteiger partial charge is 0.129 e. The van der Waals surface area contributed by atoms with Crippen molar-refractivity contribution in [1.29, 1.82) is 0 Å². The molecule has 4 heteroatoms. The van der Waals surface area contributed by atoms with Crippen molar-refractivity contribution in [3.8, 4) is 0 Å². The van der Waals surface area contributed by atoms with E-state index in [1.54, 1.807) is 0 Å². The number of aliphatic hydroxyl groups is 1. The molecule has 1 N–H and O–H groups in total. The Bertz CT molecular complexity index is 556. The Morgan fingerprint density at radius 1 is 0.947 bits per heavy atom. The molecular weight excluding hydrogens is 253 g/mol. The summed E-state index contributed by atoms with van der Waals surface area (Å²) in [5.41, 5.74) is -1.26. The van der Waals surface area contributed by atoms with Gasteiger partial charge in [0.1, 0.15) is 17.5 Å². The van der Waals surface area contributed by atoms with Crippen LogP contribution in [0.15, 0.2) is 42.5 Å². The van der Waals surface area contributed by atoms with E-state index in [0.717, 1.165) is 12.1 Å². The minimum Gasteiger partial charge on any atom is -0.385 e. The topological polar surface area (TPSA) is 20.2 Å². The third-order valence-corrected chi connectivity index (χ3v) is 3.05. The van der Waals surface area contributed by atoms with Gasteiger partial charge in [-0.15, -0.1) is 0 Å². The minimum atomic E-state index is -1.48. The molecule has 0 radical (unpaired) electrons. The number of hydrogen-bond donors (Lipinski definition) is 1. The van der Waals surface area contributed by atoms with Crippen molar-refractivity contribution in [3.63, 3.8) is 0 Å². The number of halogens is 3. The molecule has 1 unspecified atom stereocenters. The Labute approximate surface area is 109 Å². The van der Waals surface area contributed by atoms with Crippen molar-refractivity contribution >= 4 is 0 Å². The van der Waals surface area contributed by atoms with E-state index in [1.165, 1.54) is 37.3 Å². The average molecular weight is 266 g/mol. The van der Waals surface area contributed by atoms with Crippen LogP contribution in [0.5, 0.6) is 0 Å². The highest BCUT2D eigenvalue weighted by Gasteiger charge is 2.26. The van der Waals surface area contributed by atoms with Crippen molar-refractivity contribution in [1.82, 2.24) is 0 Å². The van der Waals surface area contributed by atoms with Crippen molar-refractivity contribution in [2.75, 3.05) is 0 Å². The second-order valence-corrected chi connectivity index (χ2v) is 4.66. The normalized spacial score (nSPS) is 14.2. The summed E-state index contributed by atoms with van der Waals surface area (Å²) in [4.78, 5) is 0. The summed E-state index contributed by atoms with van der Waals surface area (Å²) in [6, 6.07) is 8.73. The van der Waals surface area contributed by atoms with Gasteiger partial charge in [-0.1, -0.05) is 18.2 Å². The first-order valence-electron chi connectivity index (χ1n) is 5.81. The van der Waals surface area contributed by atoms with Crippen LogP contribution in [0.3, 0.4) is 0 Å². The van der Waals surface area contributed by atoms with Crippen LogP contribution < -0.4 is 0 Å². The van der Waals surface area contributed by atoms with Crippen LogP contribution in [0.1, 0.15) is 18.1 Å². The lowest BCUT2D eigenvalue weighted by Gasteiger charge is -2.24. The third kappa shape index (κ3) is 2.96. The summed E-state index contributed by atoms with van der Waals surface area (Å²) in [7, 11) is 0. The Kier molecular flexibility index (Phi) is 3.62. The summed E-state index contributed by atoms with van der Waals surface area (Å²) >= 11 is 0. The number of benzene rings is 2. The summed E-state index contributed by atoms with van der Waals surface area (Å²) in [5, 5.41) is 10.3. The second kappa shape index (κ2) is 5.05. The number of hydrogen-bond acceptors (Lipinski definition) is 1. The average Bonchev–Trinajstić information content (AvgIpc) is 2.35. The molecule has 100 valence electrons. The van der Waals surface area contributed by atoms with E-state index in [4.69, 9.17) is 0 Å². The summed E-state index contributed by atoms with van der Waals surface area (Å²) in [6.07, 6.45) is -0.225. The van der Waals surface area contributed by atoms with Gasteiger partial charge in [0.25, 0.3) is 0 Å². The lowest BCUT2D eigenvalue weighted by molar-refractivity contribution is 0.0556. The minimum absolute atomic E-state index is 0.183. The maximum Gasteiger partial charge on any atom is 0.129 e. The lowest BCUT2D eigenvalue weighted by Crippen LogP contribution is -2.25. The second-order valence-electron chi connectivity index (χ2n) is 4.66. The molecule has 0 aliphatic heterocycles. The zero-order valence-electron chi connectivity index (χ0n) is 10.3. The molecule has 1 atom stereocenters. The monoisotopic (exact) mass is 266 g/mol. The van der Waals surface area contributed by atoms with E-state index < -0.39 is 23.1 Å². The molecule has 0 heterocycles. The number of rotatable bonds is 3. The molecule has 0 aliphatic rings. The first kappa shape index (κ1) is 13.6. The molecule has 0 spiro atoms. The van der Waals surface area contributed by atoms with Gasteiger partial charge in [0.15, 0.2) is 0 Å². The Balaban J connectivity index is 2.33. The van der Waals surface area contributed by atoms with Gasteiger partial charge in [-0.2, -0.15) is 0 Å². The molecule has 19 heavy (non-hydrogen) atoms. The van der Waals surface area contributed by atoms with Crippen LogP contribution in [-0.2, 0) is 12.0 Å². The molecule has 2 aromatic rings. The molecule has 0 aromatic heterocycles. The van der Waals surface area contributed by atoms with Gasteiger partial charge < -0.3 is 5.11 Å². The first-order valence-corrected chi connectivity index (χ1v) is 5.81. The molecule has 2 rings (SSSR count). The van der Waals surface area contributed by atoms with Gasteiger partial charge in [0, 0.05) is 12.0 Å². The van der Waals surface area contributed by atoms with Crippen LogP contribution in [0.25, 0.3) is 0 Å². The van der Waals surface area contributed by atoms with Gasteiger partial charge in [-0.25, -0.2) is 13.2 Å². The molecular formula is C15H13F3O. The summed E-state index contributed by atoms with van der Waals surface area (Å²) in [6.45, 7) is 1.44. The summed E-state index contributed by atoms with van der Waals surface area (Å²) < 4.78 is 39.9. The third-order valence-electron chi connectivity index (χ3n) is 3.05. The zero-order valence-corrected chi connectivity index (χ0v) is 10.3. The SMILES string of the molecule is CC(O)(Cc1c(F)cccc1F)c1ccc(F)cc1. The van der Waals surface area contributed by atoms with Crippen molar-refractivity contribution in [2.24, 2.45) is 0 Å². The largest absolute Gasteiger partial charge is 0.385 e. The predicted molar refractivity (Wildman–Crippen MR) is 66.0 cm³/mol. The van der Waals surface area contributed by atoms with E-state index in [0.29, 0.717) is 5.56 Å². The predicted octanol–water partition coefficient (Wildman–Crippen LogP) is 3.55. The molecule has 0 fully saturated rings. The maximum absolute atomic E-state index is 13.5. The molecule has 1 nitrogen and oxygen atoms in total. The van der Waals surface area contributed by atoms with Crippen molar-refractivity contribution < 1.29 is 18.3 Å². The van der Waals surface area contributed by atoms with Crippen LogP contribution in [0.4, 0.5) is 13.2 Å². The fourth-order valence-corrected chi connectivity index (χ4v) is 1.96. The van der Waals surface area contributed by atoms with Gasteiger partial charge in [-0.3, -0.25) is 0 Å². The highest BCUT2D eigenvalue weighted by molar-refractivity contribution is 5.28. The quantitative estimate of drug-likeness (QED) is 0.900. The van der Waals surface area contributed by atoms with Gasteiger partial charge in [0.2, 0.25) is 0 Å². The molecule has 0 bridgehead atoms. The Hall–Kier alpha value is -1.81. The van der Waals surface area contributed by atoms with Gasteiger partial charge in [0.05, 0.1) is 5.60 Å².